The second-order valence-electron chi connectivity index (χ2n) is 3.82. The van der Waals surface area contributed by atoms with Gasteiger partial charge in [0, 0.05) is 0 Å². The predicted octanol–water partition coefficient (Wildman–Crippen LogP) is 3.48. The molecule has 0 aliphatic carbocycles. The van der Waals surface area contributed by atoms with Gasteiger partial charge >= 0.3 is 5.97 Å². The molecule has 2 aromatic rings. The molecule has 6 heteroatoms. The van der Waals surface area contributed by atoms with Gasteiger partial charge in [-0.2, -0.15) is 5.10 Å². The van der Waals surface area contributed by atoms with Crippen LogP contribution in [0.15, 0.2) is 34.9 Å². The Bertz CT molecular complexity index is 584. The molecule has 0 aliphatic rings. The molecule has 0 atom stereocenters. The average molecular weight is 435 g/mol. The minimum absolute atomic E-state index is 0.349. The van der Waals surface area contributed by atoms with Gasteiger partial charge < -0.3 is 4.74 Å². The third-order valence-corrected chi connectivity index (χ3v) is 4.15. The highest BCUT2D eigenvalue weighted by Gasteiger charge is 2.21. The van der Waals surface area contributed by atoms with E-state index in [0.717, 1.165) is 9.26 Å². The predicted molar refractivity (Wildman–Crippen MR) is 84.1 cm³/mol. The van der Waals surface area contributed by atoms with E-state index in [0.29, 0.717) is 23.3 Å². The van der Waals surface area contributed by atoms with Crippen molar-refractivity contribution in [2.45, 2.75) is 13.5 Å². The number of hydrogen-bond donors (Lipinski definition) is 0. The minimum atomic E-state index is -0.349. The van der Waals surface area contributed by atoms with E-state index in [2.05, 4.69) is 43.6 Å². The molecule has 0 radical (unpaired) electrons. The number of nitrogens with zero attached hydrogens (tertiary/aromatic N) is 2. The summed E-state index contributed by atoms with van der Waals surface area (Å²) in [5.74, 6) is -0.349. The lowest BCUT2D eigenvalue weighted by atomic mass is 10.2. The lowest BCUT2D eigenvalue weighted by Gasteiger charge is -2.04. The SMILES string of the molecule is CCOC(=O)c1c(Br)nn(Cc2ccccc2)c1I. The second kappa shape index (κ2) is 6.51. The summed E-state index contributed by atoms with van der Waals surface area (Å²) < 4.78 is 8.10. The molecule has 0 fully saturated rings. The molecule has 19 heavy (non-hydrogen) atoms. The molecule has 0 aliphatic heterocycles. The van der Waals surface area contributed by atoms with E-state index in [1.165, 1.54) is 0 Å². The fourth-order valence-corrected chi connectivity index (χ4v) is 3.31. The van der Waals surface area contributed by atoms with Crippen LogP contribution in [-0.2, 0) is 11.3 Å². The molecule has 0 bridgehead atoms. The topological polar surface area (TPSA) is 44.1 Å². The Labute approximate surface area is 133 Å². The van der Waals surface area contributed by atoms with Crippen molar-refractivity contribution in [3.63, 3.8) is 0 Å². The fourth-order valence-electron chi connectivity index (χ4n) is 1.65. The molecular formula is C13H12BrIN2O2. The summed E-state index contributed by atoms with van der Waals surface area (Å²) in [7, 11) is 0. The largest absolute Gasteiger partial charge is 0.462 e. The number of ether oxygens (including phenoxy) is 1. The maximum absolute atomic E-state index is 11.8. The molecule has 0 spiro atoms. The molecule has 1 heterocycles. The molecule has 1 aromatic heterocycles. The van der Waals surface area contributed by atoms with Gasteiger partial charge in [0.1, 0.15) is 13.9 Å². The van der Waals surface area contributed by atoms with Gasteiger partial charge in [-0.05, 0) is 51.0 Å². The lowest BCUT2D eigenvalue weighted by molar-refractivity contribution is 0.0524. The van der Waals surface area contributed by atoms with Crippen molar-refractivity contribution in [3.8, 4) is 0 Å². The summed E-state index contributed by atoms with van der Waals surface area (Å²) in [6, 6.07) is 9.98. The first-order chi connectivity index (χ1) is 9.13. The van der Waals surface area contributed by atoms with E-state index >= 15 is 0 Å². The number of halogens is 2. The molecule has 0 N–H and O–H groups in total. The maximum atomic E-state index is 11.8. The Balaban J connectivity index is 2.29. The van der Waals surface area contributed by atoms with Crippen molar-refractivity contribution in [1.29, 1.82) is 0 Å². The number of carbonyl (C=O) groups is 1. The standard InChI is InChI=1S/C13H12BrIN2O2/c1-2-19-13(18)10-11(14)16-17(12(10)15)8-9-6-4-3-5-7-9/h3-7H,2,8H2,1H3. The zero-order chi connectivity index (χ0) is 13.8. The van der Waals surface area contributed by atoms with Gasteiger partial charge in [-0.3, -0.25) is 4.68 Å². The zero-order valence-electron chi connectivity index (χ0n) is 10.3. The maximum Gasteiger partial charge on any atom is 0.343 e. The summed E-state index contributed by atoms with van der Waals surface area (Å²) in [5.41, 5.74) is 1.62. The highest BCUT2D eigenvalue weighted by Crippen LogP contribution is 2.23. The number of benzene rings is 1. The summed E-state index contributed by atoms with van der Waals surface area (Å²) in [4.78, 5) is 11.8. The van der Waals surface area contributed by atoms with Crippen LogP contribution in [-0.4, -0.2) is 22.4 Å². The van der Waals surface area contributed by atoms with Crippen LogP contribution in [0, 0.1) is 3.70 Å². The van der Waals surface area contributed by atoms with Crippen molar-refractivity contribution >= 4 is 44.5 Å². The molecule has 100 valence electrons. The average Bonchev–Trinajstić information content (AvgIpc) is 2.66. The molecule has 0 saturated heterocycles. The Hall–Kier alpha value is -0.890. The Morgan fingerprint density at radius 1 is 1.42 bits per heavy atom. The van der Waals surface area contributed by atoms with Gasteiger partial charge in [-0.25, -0.2) is 4.79 Å². The molecule has 0 saturated carbocycles. The minimum Gasteiger partial charge on any atom is -0.462 e. The van der Waals surface area contributed by atoms with Gasteiger partial charge in [0.2, 0.25) is 0 Å². The van der Waals surface area contributed by atoms with Crippen molar-refractivity contribution in [3.05, 3.63) is 49.8 Å². The summed E-state index contributed by atoms with van der Waals surface area (Å²) in [5, 5.41) is 4.33. The molecule has 4 nitrogen and oxygen atoms in total. The van der Waals surface area contributed by atoms with Crippen LogP contribution >= 0.6 is 38.5 Å². The van der Waals surface area contributed by atoms with E-state index in [1.807, 2.05) is 30.3 Å². The third kappa shape index (κ3) is 3.36. The molecule has 0 amide bonds. The number of aromatic nitrogens is 2. The van der Waals surface area contributed by atoms with Crippen LogP contribution in [0.3, 0.4) is 0 Å². The monoisotopic (exact) mass is 434 g/mol. The van der Waals surface area contributed by atoms with E-state index in [-0.39, 0.29) is 5.97 Å². The highest BCUT2D eigenvalue weighted by molar-refractivity contribution is 14.1. The van der Waals surface area contributed by atoms with Gasteiger partial charge in [0.25, 0.3) is 0 Å². The van der Waals surface area contributed by atoms with Crippen LogP contribution in [0.4, 0.5) is 0 Å². The molecule has 0 unspecified atom stereocenters. The van der Waals surface area contributed by atoms with E-state index < -0.39 is 0 Å². The number of rotatable bonds is 4. The summed E-state index contributed by atoms with van der Waals surface area (Å²) in [6.07, 6.45) is 0. The normalized spacial score (nSPS) is 10.5. The quantitative estimate of drug-likeness (QED) is 0.546. The molecular weight excluding hydrogens is 423 g/mol. The number of esters is 1. The highest BCUT2D eigenvalue weighted by atomic mass is 127. The van der Waals surface area contributed by atoms with Crippen molar-refractivity contribution < 1.29 is 9.53 Å². The summed E-state index contributed by atoms with van der Waals surface area (Å²) in [6.45, 7) is 2.76. The van der Waals surface area contributed by atoms with Crippen molar-refractivity contribution in [2.24, 2.45) is 0 Å². The Morgan fingerprint density at radius 3 is 2.74 bits per heavy atom. The Morgan fingerprint density at radius 2 is 2.11 bits per heavy atom. The van der Waals surface area contributed by atoms with Crippen molar-refractivity contribution in [2.75, 3.05) is 6.61 Å². The van der Waals surface area contributed by atoms with Crippen LogP contribution in [0.1, 0.15) is 22.8 Å². The first-order valence-electron chi connectivity index (χ1n) is 5.76. The number of hydrogen-bond acceptors (Lipinski definition) is 3. The van der Waals surface area contributed by atoms with Crippen LogP contribution in [0.25, 0.3) is 0 Å². The van der Waals surface area contributed by atoms with Gasteiger partial charge in [-0.1, -0.05) is 30.3 Å². The van der Waals surface area contributed by atoms with Gasteiger partial charge in [-0.15, -0.1) is 0 Å². The second-order valence-corrected chi connectivity index (χ2v) is 5.59. The fraction of sp³-hybridized carbons (Fsp3) is 0.231. The van der Waals surface area contributed by atoms with Crippen LogP contribution in [0.2, 0.25) is 0 Å². The van der Waals surface area contributed by atoms with Crippen molar-refractivity contribution in [1.82, 2.24) is 9.78 Å². The van der Waals surface area contributed by atoms with Crippen LogP contribution in [0.5, 0.6) is 0 Å². The lowest BCUT2D eigenvalue weighted by Crippen LogP contribution is -2.08. The first kappa shape index (κ1) is 14.5. The molecule has 2 rings (SSSR count). The van der Waals surface area contributed by atoms with Gasteiger partial charge in [0.15, 0.2) is 0 Å². The Kier molecular flexibility index (Phi) is 4.98. The zero-order valence-corrected chi connectivity index (χ0v) is 14.0. The third-order valence-electron chi connectivity index (χ3n) is 2.50. The van der Waals surface area contributed by atoms with E-state index in [9.17, 15) is 4.79 Å². The molecule has 1 aromatic carbocycles. The first-order valence-corrected chi connectivity index (χ1v) is 7.63. The smallest absolute Gasteiger partial charge is 0.343 e. The number of carbonyl (C=O) groups excluding carboxylic acids is 1. The van der Waals surface area contributed by atoms with Crippen LogP contribution < -0.4 is 0 Å². The van der Waals surface area contributed by atoms with Gasteiger partial charge in [0.05, 0.1) is 13.2 Å². The summed E-state index contributed by atoms with van der Waals surface area (Å²) >= 11 is 5.43. The van der Waals surface area contributed by atoms with E-state index in [1.54, 1.807) is 11.6 Å². The van der Waals surface area contributed by atoms with E-state index in [4.69, 9.17) is 4.74 Å².